The number of hydrogen-bond acceptors (Lipinski definition) is 4. The average Bonchev–Trinajstić information content (AvgIpc) is 3.35. The van der Waals surface area contributed by atoms with Gasteiger partial charge in [0.2, 0.25) is 17.7 Å². The van der Waals surface area contributed by atoms with Crippen molar-refractivity contribution in [3.8, 4) is 0 Å². The van der Waals surface area contributed by atoms with Crippen molar-refractivity contribution in [1.29, 1.82) is 0 Å². The maximum absolute atomic E-state index is 13.5. The molecule has 2 saturated heterocycles. The molecule has 3 aliphatic heterocycles. The first-order valence-electron chi connectivity index (χ1n) is 10.7. The largest absolute Gasteiger partial charge is 0.359 e. The molecule has 0 radical (unpaired) electrons. The summed E-state index contributed by atoms with van der Waals surface area (Å²) in [4.78, 5) is 41.4. The molecule has 5 aliphatic rings. The van der Waals surface area contributed by atoms with E-state index in [-0.39, 0.29) is 29.8 Å². The van der Waals surface area contributed by atoms with Gasteiger partial charge in [-0.3, -0.25) is 14.4 Å². The molecule has 0 aromatic heterocycles. The molecule has 152 valence electrons. The first kappa shape index (κ1) is 18.2. The van der Waals surface area contributed by atoms with E-state index in [0.717, 1.165) is 38.5 Å². The predicted molar refractivity (Wildman–Crippen MR) is 101 cm³/mol. The van der Waals surface area contributed by atoms with Gasteiger partial charge in [-0.25, -0.2) is 0 Å². The van der Waals surface area contributed by atoms with E-state index in [2.05, 4.69) is 10.6 Å². The third-order valence-electron chi connectivity index (χ3n) is 7.40. The van der Waals surface area contributed by atoms with Crippen LogP contribution in [0.15, 0.2) is 12.2 Å². The van der Waals surface area contributed by atoms with E-state index in [0.29, 0.717) is 0 Å². The molecule has 2 bridgehead atoms. The normalized spacial score (nSPS) is 42.0. The van der Waals surface area contributed by atoms with Crippen molar-refractivity contribution < 1.29 is 19.1 Å². The molecule has 7 heteroatoms. The van der Waals surface area contributed by atoms with Crippen LogP contribution in [0.5, 0.6) is 0 Å². The molecule has 2 saturated carbocycles. The van der Waals surface area contributed by atoms with Crippen LogP contribution in [-0.2, 0) is 19.1 Å². The second-order valence-electron chi connectivity index (χ2n) is 9.27. The predicted octanol–water partition coefficient (Wildman–Crippen LogP) is 0.884. The topological polar surface area (TPSA) is 87.7 Å². The van der Waals surface area contributed by atoms with Crippen LogP contribution >= 0.6 is 0 Å². The zero-order valence-electron chi connectivity index (χ0n) is 16.6. The van der Waals surface area contributed by atoms with Gasteiger partial charge in [-0.15, -0.1) is 0 Å². The van der Waals surface area contributed by atoms with Gasteiger partial charge in [-0.2, -0.15) is 0 Å². The van der Waals surface area contributed by atoms with Crippen LogP contribution in [0.25, 0.3) is 0 Å². The van der Waals surface area contributed by atoms with Gasteiger partial charge in [0.25, 0.3) is 0 Å². The Bertz CT molecular complexity index is 757. The molecular formula is C21H29N3O4. The SMILES string of the molecule is CNC(=O)[C@H]1[C@H]2C(=O)N(C3CC3)[C@H](C(=O)NC3CCCCC3)[C@@]23C=C[C@]1(C)O3. The quantitative estimate of drug-likeness (QED) is 0.701. The van der Waals surface area contributed by atoms with Crippen molar-refractivity contribution in [2.45, 2.75) is 81.2 Å². The number of likely N-dealkylation sites (tertiary alicyclic amines) is 1. The van der Waals surface area contributed by atoms with E-state index in [1.165, 1.54) is 6.42 Å². The first-order valence-corrected chi connectivity index (χ1v) is 10.7. The van der Waals surface area contributed by atoms with Gasteiger partial charge in [-0.05, 0) is 32.6 Å². The lowest BCUT2D eigenvalue weighted by Crippen LogP contribution is -2.57. The van der Waals surface area contributed by atoms with Gasteiger partial charge < -0.3 is 20.3 Å². The fourth-order valence-corrected chi connectivity index (χ4v) is 6.00. The van der Waals surface area contributed by atoms with Crippen molar-refractivity contribution in [3.63, 3.8) is 0 Å². The Morgan fingerprint density at radius 2 is 1.82 bits per heavy atom. The molecule has 2 N–H and O–H groups in total. The Hall–Kier alpha value is -1.89. The molecular weight excluding hydrogens is 358 g/mol. The number of hydrogen-bond donors (Lipinski definition) is 2. The summed E-state index contributed by atoms with van der Waals surface area (Å²) < 4.78 is 6.41. The summed E-state index contributed by atoms with van der Waals surface area (Å²) in [6.45, 7) is 1.85. The molecule has 3 heterocycles. The number of carbonyl (C=O) groups is 3. The highest BCUT2D eigenvalue weighted by atomic mass is 16.5. The highest BCUT2D eigenvalue weighted by Gasteiger charge is 2.77. The molecule has 4 fully saturated rings. The average molecular weight is 387 g/mol. The Balaban J connectivity index is 1.51. The molecule has 5 atom stereocenters. The van der Waals surface area contributed by atoms with E-state index in [9.17, 15) is 14.4 Å². The minimum Gasteiger partial charge on any atom is -0.359 e. The Kier molecular flexibility index (Phi) is 3.92. The van der Waals surface area contributed by atoms with Gasteiger partial charge in [0.15, 0.2) is 0 Å². The Morgan fingerprint density at radius 3 is 2.46 bits per heavy atom. The van der Waals surface area contributed by atoms with Crippen LogP contribution < -0.4 is 10.6 Å². The maximum atomic E-state index is 13.5. The number of fused-ring (bicyclic) bond motifs is 1. The minimum absolute atomic E-state index is 0.0868. The number of nitrogens with zero attached hydrogens (tertiary/aromatic N) is 1. The van der Waals surface area contributed by atoms with Gasteiger partial charge in [0.05, 0.1) is 17.4 Å². The van der Waals surface area contributed by atoms with Gasteiger partial charge in [0.1, 0.15) is 11.6 Å². The summed E-state index contributed by atoms with van der Waals surface area (Å²) in [5, 5.41) is 5.90. The molecule has 0 aromatic rings. The van der Waals surface area contributed by atoms with Gasteiger partial charge >= 0.3 is 0 Å². The van der Waals surface area contributed by atoms with E-state index in [1.54, 1.807) is 11.9 Å². The maximum Gasteiger partial charge on any atom is 0.246 e. The molecule has 0 unspecified atom stereocenters. The lowest BCUT2D eigenvalue weighted by Gasteiger charge is -2.34. The monoisotopic (exact) mass is 387 g/mol. The minimum atomic E-state index is -1.04. The van der Waals surface area contributed by atoms with Crippen molar-refractivity contribution in [2.24, 2.45) is 11.8 Å². The molecule has 2 aliphatic carbocycles. The molecule has 5 rings (SSSR count). The van der Waals surface area contributed by atoms with Crippen LogP contribution in [-0.4, -0.2) is 59.0 Å². The van der Waals surface area contributed by atoms with Crippen LogP contribution in [0.1, 0.15) is 51.9 Å². The summed E-state index contributed by atoms with van der Waals surface area (Å²) in [7, 11) is 1.58. The highest BCUT2D eigenvalue weighted by molar-refractivity contribution is 6.00. The Labute approximate surface area is 165 Å². The zero-order valence-corrected chi connectivity index (χ0v) is 16.6. The smallest absolute Gasteiger partial charge is 0.246 e. The number of nitrogens with one attached hydrogen (secondary N) is 2. The number of rotatable bonds is 4. The molecule has 1 spiro atoms. The van der Waals surface area contributed by atoms with Gasteiger partial charge in [-0.1, -0.05) is 31.4 Å². The van der Waals surface area contributed by atoms with E-state index in [4.69, 9.17) is 4.74 Å². The second-order valence-corrected chi connectivity index (χ2v) is 9.27. The first-order chi connectivity index (χ1) is 13.4. The van der Waals surface area contributed by atoms with Crippen molar-refractivity contribution in [1.82, 2.24) is 15.5 Å². The standard InChI is InChI=1S/C21H29N3O4/c1-20-10-11-21(28-20)15(14(20)17(25)22-2)19(27)24(13-8-9-13)16(21)18(26)23-12-6-4-3-5-7-12/h10-16H,3-9H2,1-2H3,(H,22,25)(H,23,26)/t14-,15+,16-,20+,21-/m1/s1. The molecule has 3 amide bonds. The lowest BCUT2D eigenvalue weighted by atomic mass is 9.70. The summed E-state index contributed by atoms with van der Waals surface area (Å²) in [6.07, 6.45) is 11.0. The third-order valence-corrected chi connectivity index (χ3v) is 7.40. The van der Waals surface area contributed by atoms with E-state index < -0.39 is 29.1 Å². The van der Waals surface area contributed by atoms with Crippen molar-refractivity contribution in [2.75, 3.05) is 7.05 Å². The third kappa shape index (κ3) is 2.34. The van der Waals surface area contributed by atoms with Crippen molar-refractivity contribution in [3.05, 3.63) is 12.2 Å². The molecule has 28 heavy (non-hydrogen) atoms. The summed E-state index contributed by atoms with van der Waals surface area (Å²) in [5.74, 6) is -1.67. The van der Waals surface area contributed by atoms with Crippen molar-refractivity contribution >= 4 is 17.7 Å². The van der Waals surface area contributed by atoms with Crippen LogP contribution in [0.3, 0.4) is 0 Å². The number of amides is 3. The summed E-state index contributed by atoms with van der Waals surface area (Å²) >= 11 is 0. The fourth-order valence-electron chi connectivity index (χ4n) is 6.00. The molecule has 7 nitrogen and oxygen atoms in total. The Morgan fingerprint density at radius 1 is 1.11 bits per heavy atom. The van der Waals surface area contributed by atoms with Crippen LogP contribution in [0, 0.1) is 11.8 Å². The molecule has 0 aromatic carbocycles. The number of carbonyl (C=O) groups excluding carboxylic acids is 3. The lowest BCUT2D eigenvalue weighted by molar-refractivity contribution is -0.145. The van der Waals surface area contributed by atoms with E-state index >= 15 is 0 Å². The second kappa shape index (κ2) is 6.05. The zero-order chi connectivity index (χ0) is 19.7. The van der Waals surface area contributed by atoms with Gasteiger partial charge in [0, 0.05) is 19.1 Å². The van der Waals surface area contributed by atoms with E-state index in [1.807, 2.05) is 19.1 Å². The number of ether oxygens (including phenoxy) is 1. The summed E-state index contributed by atoms with van der Waals surface area (Å²) in [6, 6.07) is -0.434. The van der Waals surface area contributed by atoms with Crippen LogP contribution in [0.4, 0.5) is 0 Å². The van der Waals surface area contributed by atoms with Crippen LogP contribution in [0.2, 0.25) is 0 Å². The fraction of sp³-hybridized carbons (Fsp3) is 0.762. The highest BCUT2D eigenvalue weighted by Crippen LogP contribution is 2.60. The summed E-state index contributed by atoms with van der Waals surface area (Å²) in [5.41, 5.74) is -1.89.